The monoisotopic (exact) mass is 964 g/mol. The van der Waals surface area contributed by atoms with E-state index in [4.69, 9.17) is 0 Å². The van der Waals surface area contributed by atoms with Crippen LogP contribution in [0, 0.1) is 17.4 Å². The van der Waals surface area contributed by atoms with Gasteiger partial charge >= 0.3 is 137 Å². The molecular weight excluding hydrogens is 913 g/mol. The van der Waals surface area contributed by atoms with Gasteiger partial charge in [0.1, 0.15) is 0 Å². The summed E-state index contributed by atoms with van der Waals surface area (Å²) in [6, 6.07) is 21.4. The Kier molecular flexibility index (Phi) is 15.7. The third-order valence-electron chi connectivity index (χ3n) is 12.3. The van der Waals surface area contributed by atoms with Gasteiger partial charge in [0, 0.05) is 0 Å². The normalized spacial score (nSPS) is 17.5. The first-order valence-electron chi connectivity index (χ1n) is 20.6. The summed E-state index contributed by atoms with van der Waals surface area (Å²) in [6.07, 6.45) is 7.27. The number of rotatable bonds is 3. The molecule has 3 aliphatic rings. The van der Waals surface area contributed by atoms with Crippen molar-refractivity contribution in [3.8, 4) is 0 Å². The van der Waals surface area contributed by atoms with Crippen molar-refractivity contribution in [2.45, 2.75) is 112 Å². The first-order chi connectivity index (χ1) is 27.8. The molecule has 0 radical (unpaired) electrons. The average molecular weight is 967 g/mol. The Morgan fingerprint density at radius 2 is 1.06 bits per heavy atom. The molecule has 0 saturated heterocycles. The van der Waals surface area contributed by atoms with Crippen molar-refractivity contribution < 1.29 is 75.4 Å². The summed E-state index contributed by atoms with van der Waals surface area (Å²) in [7, 11) is 0. The molecule has 8 rings (SSSR count). The maximum Gasteiger partial charge on any atom is -1.00 e. The molecular formula is C53H54Cl2F6Zr-2. The van der Waals surface area contributed by atoms with Gasteiger partial charge in [-0.05, 0) is 59.8 Å². The molecule has 0 aliphatic heterocycles. The molecule has 5 aromatic rings. The number of alkyl halides is 6. The molecule has 62 heavy (non-hydrogen) atoms. The number of hydrogen-bond acceptors (Lipinski definition) is 0. The van der Waals surface area contributed by atoms with E-state index in [-0.39, 0.29) is 35.6 Å². The zero-order valence-corrected chi connectivity index (χ0v) is 41.0. The van der Waals surface area contributed by atoms with Crippen LogP contribution in [0.1, 0.15) is 133 Å². The van der Waals surface area contributed by atoms with Crippen LogP contribution in [-0.2, 0) is 47.4 Å². The smallest absolute Gasteiger partial charge is 1.00 e. The molecule has 0 nitrogen and oxygen atoms in total. The van der Waals surface area contributed by atoms with Crippen LogP contribution in [0.3, 0.4) is 0 Å². The van der Waals surface area contributed by atoms with Crippen molar-refractivity contribution >= 4 is 35.9 Å². The van der Waals surface area contributed by atoms with Gasteiger partial charge in [0.2, 0.25) is 0 Å². The van der Waals surface area contributed by atoms with Gasteiger partial charge in [-0.15, -0.1) is 39.7 Å². The van der Waals surface area contributed by atoms with Crippen molar-refractivity contribution in [1.29, 1.82) is 0 Å². The van der Waals surface area contributed by atoms with Crippen molar-refractivity contribution in [3.05, 3.63) is 159 Å². The standard InChI is InChI=1S/C27H29.C15H8F6.C11H17.2ClH.Zr/c1-16-7-9-26(3,4)24-12-18-11-19-13-25-21(17(2)8-10-27(25,5)6)15-23(19)22(18)14-20(16)24;16-14(17,18)12-5-1-10(2-6-12)9-11-3-7-13(8-4-11)15(19,20)21;1-5-9-6-7-10(8-9)11(2,3)4;;;/h7-8,11-15H,9-10H2,1-6H3;1-8H;7-9H,5H2,1-4H3;2*1H;/q-1;;-1;;;+2/p-2. The topological polar surface area (TPSA) is 0 Å². The third-order valence-corrected chi connectivity index (χ3v) is 13.7. The summed E-state index contributed by atoms with van der Waals surface area (Å²) < 4.78 is 75.6. The van der Waals surface area contributed by atoms with E-state index in [0.717, 1.165) is 61.3 Å². The molecule has 0 heterocycles. The zero-order valence-electron chi connectivity index (χ0n) is 37.0. The maximum absolute atomic E-state index is 12.5. The molecule has 5 aromatic carbocycles. The van der Waals surface area contributed by atoms with E-state index in [9.17, 15) is 26.3 Å². The minimum Gasteiger partial charge on any atom is -1.00 e. The summed E-state index contributed by atoms with van der Waals surface area (Å²) in [4.78, 5) is 0. The second-order valence-corrected chi connectivity index (χ2v) is 20.0. The molecule has 3 aliphatic carbocycles. The molecule has 0 spiro atoms. The van der Waals surface area contributed by atoms with Gasteiger partial charge in [-0.2, -0.15) is 11.6 Å². The Bertz CT molecular complexity index is 2400. The summed E-state index contributed by atoms with van der Waals surface area (Å²) in [6.45, 7) is 23.0. The number of fused-ring (bicyclic) bond motifs is 5. The molecule has 0 bridgehead atoms. The van der Waals surface area contributed by atoms with Gasteiger partial charge in [-0.1, -0.05) is 109 Å². The first kappa shape index (κ1) is 51.3. The van der Waals surface area contributed by atoms with E-state index < -0.39 is 23.5 Å². The van der Waals surface area contributed by atoms with E-state index in [1.807, 2.05) is 0 Å². The van der Waals surface area contributed by atoms with E-state index >= 15 is 0 Å². The Balaban J connectivity index is 0.000000218. The maximum atomic E-state index is 12.5. The quantitative estimate of drug-likeness (QED) is 0.125. The van der Waals surface area contributed by atoms with Crippen LogP contribution in [0.2, 0.25) is 0 Å². The third kappa shape index (κ3) is 11.1. The molecule has 9 heteroatoms. The Morgan fingerprint density at radius 1 is 0.677 bits per heavy atom. The molecule has 328 valence electrons. The minimum absolute atomic E-state index is 0. The zero-order chi connectivity index (χ0) is 44.2. The second kappa shape index (κ2) is 19.0. The van der Waals surface area contributed by atoms with Crippen LogP contribution in [0.5, 0.6) is 0 Å². The predicted molar refractivity (Wildman–Crippen MR) is 235 cm³/mol. The first-order valence-corrected chi connectivity index (χ1v) is 21.8. The van der Waals surface area contributed by atoms with E-state index in [0.29, 0.717) is 25.7 Å². The predicted octanol–water partition coefficient (Wildman–Crippen LogP) is 10.1. The van der Waals surface area contributed by atoms with Gasteiger partial charge in [0.15, 0.2) is 0 Å². The minimum atomic E-state index is -4.41. The van der Waals surface area contributed by atoms with Gasteiger partial charge in [-0.3, -0.25) is 6.08 Å². The SMILES string of the molecule is CC1=CCC(C)(C)c2cc3[cH-]c4cc5c(cc4c3cc21)C(C)=CCC5(C)C.CCC1[C-]=CC(C(C)(C)C)=C1.FC(F)(F)c1ccc([C](=[Zr+2])c2ccc(C(F)(F)F)cc2)cc1.[Cl-].[Cl-]. The van der Waals surface area contributed by atoms with Gasteiger partial charge in [0.25, 0.3) is 0 Å². The molecule has 0 aromatic heterocycles. The van der Waals surface area contributed by atoms with Crippen molar-refractivity contribution in [3.63, 3.8) is 0 Å². The molecule has 1 unspecified atom stereocenters. The summed E-state index contributed by atoms with van der Waals surface area (Å²) >= 11 is 0.898. The number of halogens is 8. The molecule has 0 amide bonds. The fraction of sp³-hybridized carbons (Fsp3) is 0.358. The summed E-state index contributed by atoms with van der Waals surface area (Å²) in [5, 5.41) is 5.61. The van der Waals surface area contributed by atoms with Gasteiger partial charge in [-0.25, -0.2) is 6.08 Å². The van der Waals surface area contributed by atoms with Gasteiger partial charge < -0.3 is 24.8 Å². The number of benzene rings is 4. The Hall–Kier alpha value is -3.38. The fourth-order valence-corrected chi connectivity index (χ4v) is 8.98. The van der Waals surface area contributed by atoms with Crippen LogP contribution >= 0.6 is 0 Å². The molecule has 0 saturated carbocycles. The number of hydrogen-bond donors (Lipinski definition) is 0. The van der Waals surface area contributed by atoms with Crippen LogP contribution < -0.4 is 24.8 Å². The fourth-order valence-electron chi connectivity index (χ4n) is 8.16. The second-order valence-electron chi connectivity index (χ2n) is 18.8. The molecule has 1 atom stereocenters. The summed E-state index contributed by atoms with van der Waals surface area (Å²) in [5.41, 5.74) is 10.5. The Labute approximate surface area is 391 Å². The van der Waals surface area contributed by atoms with Crippen molar-refractivity contribution in [2.75, 3.05) is 0 Å². The van der Waals surface area contributed by atoms with Crippen molar-refractivity contribution in [1.82, 2.24) is 0 Å². The summed E-state index contributed by atoms with van der Waals surface area (Å²) in [5.74, 6) is 0.573. The molecule has 0 N–H and O–H groups in total. The van der Waals surface area contributed by atoms with Crippen LogP contribution in [0.25, 0.3) is 32.7 Å². The van der Waals surface area contributed by atoms with Crippen LogP contribution in [0.4, 0.5) is 26.3 Å². The average Bonchev–Trinajstić information content (AvgIpc) is 3.82. The number of allylic oxidation sites excluding steroid dienone is 8. The molecule has 0 fully saturated rings. The van der Waals surface area contributed by atoms with Crippen molar-refractivity contribution in [2.24, 2.45) is 11.3 Å². The van der Waals surface area contributed by atoms with E-state index in [1.54, 1.807) is 0 Å². The van der Waals surface area contributed by atoms with Crippen LogP contribution in [0.15, 0.2) is 109 Å². The largest absolute Gasteiger partial charge is 1.00 e. The van der Waals surface area contributed by atoms with Gasteiger partial charge in [0.05, 0.1) is 0 Å². The van der Waals surface area contributed by atoms with Crippen LogP contribution in [-0.4, -0.2) is 3.21 Å². The van der Waals surface area contributed by atoms with E-state index in [2.05, 4.69) is 130 Å². The Morgan fingerprint density at radius 3 is 1.37 bits per heavy atom. The van der Waals surface area contributed by atoms with E-state index in [1.165, 1.54) is 91.2 Å².